The van der Waals surface area contributed by atoms with Crippen molar-refractivity contribution in [3.05, 3.63) is 24.8 Å². The highest BCUT2D eigenvalue weighted by molar-refractivity contribution is 5.11. The Kier molecular flexibility index (Phi) is 2.19. The highest BCUT2D eigenvalue weighted by atomic mass is 16.6. The van der Waals surface area contributed by atoms with Gasteiger partial charge in [-0.1, -0.05) is 24.8 Å². The SMILES string of the molecule is C=CC(=C)CC[C@H]1OC1(C)C. The van der Waals surface area contributed by atoms with Gasteiger partial charge in [0.2, 0.25) is 0 Å². The summed E-state index contributed by atoms with van der Waals surface area (Å²) in [6, 6.07) is 0. The molecule has 0 bridgehead atoms. The molecule has 1 aliphatic rings. The second-order valence-corrected chi connectivity index (χ2v) is 3.61. The van der Waals surface area contributed by atoms with Gasteiger partial charge >= 0.3 is 0 Å². The fourth-order valence-corrected chi connectivity index (χ4v) is 1.16. The molecule has 0 saturated carbocycles. The maximum atomic E-state index is 5.42. The van der Waals surface area contributed by atoms with Gasteiger partial charge in [0.05, 0.1) is 11.7 Å². The molecule has 1 nitrogen and oxygen atoms in total. The van der Waals surface area contributed by atoms with Gasteiger partial charge in [-0.3, -0.25) is 0 Å². The molecule has 1 atom stereocenters. The van der Waals surface area contributed by atoms with Crippen molar-refractivity contribution in [1.82, 2.24) is 0 Å². The molecule has 0 spiro atoms. The summed E-state index contributed by atoms with van der Waals surface area (Å²) < 4.78 is 5.42. The Hall–Kier alpha value is -0.560. The average Bonchev–Trinajstić information content (AvgIpc) is 2.54. The van der Waals surface area contributed by atoms with E-state index in [9.17, 15) is 0 Å². The number of hydrogen-bond donors (Lipinski definition) is 0. The maximum absolute atomic E-state index is 5.42. The summed E-state index contributed by atoms with van der Waals surface area (Å²) in [5, 5.41) is 0. The molecule has 1 heterocycles. The number of ether oxygens (including phenoxy) is 1. The van der Waals surface area contributed by atoms with E-state index in [4.69, 9.17) is 4.74 Å². The number of allylic oxidation sites excluding steroid dienone is 2. The smallest absolute Gasteiger partial charge is 0.0892 e. The molecule has 1 fully saturated rings. The summed E-state index contributed by atoms with van der Waals surface area (Å²) in [6.45, 7) is 11.7. The predicted octanol–water partition coefficient (Wildman–Crippen LogP) is 2.69. The van der Waals surface area contributed by atoms with Gasteiger partial charge in [-0.25, -0.2) is 0 Å². The third-order valence-electron chi connectivity index (χ3n) is 2.18. The summed E-state index contributed by atoms with van der Waals surface area (Å²) in [7, 11) is 0. The molecule has 62 valence electrons. The van der Waals surface area contributed by atoms with Crippen LogP contribution in [0.25, 0.3) is 0 Å². The number of rotatable bonds is 4. The quantitative estimate of drug-likeness (QED) is 0.445. The van der Waals surface area contributed by atoms with Gasteiger partial charge in [-0.05, 0) is 26.7 Å². The van der Waals surface area contributed by atoms with Crippen molar-refractivity contribution >= 4 is 0 Å². The molecule has 0 aromatic heterocycles. The summed E-state index contributed by atoms with van der Waals surface area (Å²) in [5.74, 6) is 0. The second-order valence-electron chi connectivity index (χ2n) is 3.61. The van der Waals surface area contributed by atoms with Crippen LogP contribution in [0, 0.1) is 0 Å². The van der Waals surface area contributed by atoms with E-state index in [1.165, 1.54) is 0 Å². The largest absolute Gasteiger partial charge is 0.367 e. The first-order valence-corrected chi connectivity index (χ1v) is 4.04. The van der Waals surface area contributed by atoms with Crippen LogP contribution in [0.3, 0.4) is 0 Å². The molecular weight excluding hydrogens is 136 g/mol. The summed E-state index contributed by atoms with van der Waals surface area (Å²) in [4.78, 5) is 0. The van der Waals surface area contributed by atoms with Crippen molar-refractivity contribution in [2.75, 3.05) is 0 Å². The van der Waals surface area contributed by atoms with Crippen LogP contribution in [0.4, 0.5) is 0 Å². The molecule has 0 amide bonds. The average molecular weight is 152 g/mol. The van der Waals surface area contributed by atoms with E-state index in [-0.39, 0.29) is 5.60 Å². The first kappa shape index (κ1) is 8.54. The molecule has 0 N–H and O–H groups in total. The van der Waals surface area contributed by atoms with E-state index in [2.05, 4.69) is 27.0 Å². The van der Waals surface area contributed by atoms with Gasteiger partial charge in [-0.2, -0.15) is 0 Å². The minimum atomic E-state index is 0.126. The van der Waals surface area contributed by atoms with Crippen molar-refractivity contribution < 1.29 is 4.74 Å². The molecule has 1 heteroatoms. The zero-order valence-corrected chi connectivity index (χ0v) is 7.39. The van der Waals surface area contributed by atoms with Crippen LogP contribution in [-0.4, -0.2) is 11.7 Å². The highest BCUT2D eigenvalue weighted by Crippen LogP contribution is 2.38. The number of epoxide rings is 1. The Morgan fingerprint density at radius 2 is 2.18 bits per heavy atom. The van der Waals surface area contributed by atoms with Gasteiger partial charge in [0.1, 0.15) is 0 Å². The Labute approximate surface area is 68.8 Å². The van der Waals surface area contributed by atoms with Crippen molar-refractivity contribution in [1.29, 1.82) is 0 Å². The Balaban J connectivity index is 2.16. The first-order chi connectivity index (χ1) is 5.06. The molecular formula is C10H16O. The Morgan fingerprint density at radius 1 is 1.64 bits per heavy atom. The van der Waals surface area contributed by atoms with Gasteiger partial charge in [0.15, 0.2) is 0 Å². The fourth-order valence-electron chi connectivity index (χ4n) is 1.16. The standard InChI is InChI=1S/C10H16O/c1-5-8(2)6-7-9-10(3,4)11-9/h5,9H,1-2,6-7H2,3-4H3/t9-/m1/s1. The summed E-state index contributed by atoms with van der Waals surface area (Å²) in [5.41, 5.74) is 1.23. The molecule has 1 rings (SSSR count). The van der Waals surface area contributed by atoms with Gasteiger partial charge < -0.3 is 4.74 Å². The summed E-state index contributed by atoms with van der Waals surface area (Å²) in [6.07, 6.45) is 4.35. The van der Waals surface area contributed by atoms with Crippen LogP contribution < -0.4 is 0 Å². The third-order valence-corrected chi connectivity index (χ3v) is 2.18. The molecule has 11 heavy (non-hydrogen) atoms. The lowest BCUT2D eigenvalue weighted by Gasteiger charge is -1.97. The van der Waals surface area contributed by atoms with Crippen LogP contribution in [0.5, 0.6) is 0 Å². The molecule has 1 saturated heterocycles. The lowest BCUT2D eigenvalue weighted by Crippen LogP contribution is -2.02. The first-order valence-electron chi connectivity index (χ1n) is 4.04. The van der Waals surface area contributed by atoms with Crippen LogP contribution >= 0.6 is 0 Å². The topological polar surface area (TPSA) is 12.5 Å². The lowest BCUT2D eigenvalue weighted by molar-refractivity contribution is 0.320. The van der Waals surface area contributed by atoms with E-state index in [0.29, 0.717) is 6.10 Å². The van der Waals surface area contributed by atoms with Crippen LogP contribution in [0.1, 0.15) is 26.7 Å². The van der Waals surface area contributed by atoms with Crippen LogP contribution in [0.2, 0.25) is 0 Å². The molecule has 0 aromatic carbocycles. The third kappa shape index (κ3) is 2.19. The van der Waals surface area contributed by atoms with Crippen molar-refractivity contribution in [2.45, 2.75) is 38.4 Å². The van der Waals surface area contributed by atoms with Gasteiger partial charge in [-0.15, -0.1) is 0 Å². The predicted molar refractivity (Wildman–Crippen MR) is 47.5 cm³/mol. The van der Waals surface area contributed by atoms with Crippen LogP contribution in [-0.2, 0) is 4.74 Å². The van der Waals surface area contributed by atoms with E-state index >= 15 is 0 Å². The lowest BCUT2D eigenvalue weighted by atomic mass is 10.0. The van der Waals surface area contributed by atoms with Gasteiger partial charge in [0, 0.05) is 0 Å². The maximum Gasteiger partial charge on any atom is 0.0892 e. The molecule has 0 unspecified atom stereocenters. The molecule has 0 radical (unpaired) electrons. The molecule has 0 aliphatic carbocycles. The van der Waals surface area contributed by atoms with Crippen molar-refractivity contribution in [3.8, 4) is 0 Å². The van der Waals surface area contributed by atoms with E-state index in [1.807, 2.05) is 6.08 Å². The normalized spacial score (nSPS) is 26.2. The monoisotopic (exact) mass is 152 g/mol. The fraction of sp³-hybridized carbons (Fsp3) is 0.600. The van der Waals surface area contributed by atoms with Gasteiger partial charge in [0.25, 0.3) is 0 Å². The van der Waals surface area contributed by atoms with E-state index in [1.54, 1.807) is 0 Å². The molecule has 1 aliphatic heterocycles. The highest BCUT2D eigenvalue weighted by Gasteiger charge is 2.46. The summed E-state index contributed by atoms with van der Waals surface area (Å²) >= 11 is 0. The zero-order chi connectivity index (χ0) is 8.48. The Morgan fingerprint density at radius 3 is 2.55 bits per heavy atom. The molecule has 0 aromatic rings. The Bertz CT molecular complexity index is 179. The van der Waals surface area contributed by atoms with Crippen LogP contribution in [0.15, 0.2) is 24.8 Å². The minimum Gasteiger partial charge on any atom is -0.367 e. The van der Waals surface area contributed by atoms with Crippen molar-refractivity contribution in [2.24, 2.45) is 0 Å². The van der Waals surface area contributed by atoms with Crippen molar-refractivity contribution in [3.63, 3.8) is 0 Å². The van der Waals surface area contributed by atoms with E-state index in [0.717, 1.165) is 18.4 Å². The number of hydrogen-bond acceptors (Lipinski definition) is 1. The second kappa shape index (κ2) is 2.82. The minimum absolute atomic E-state index is 0.126. The zero-order valence-electron chi connectivity index (χ0n) is 7.39. The van der Waals surface area contributed by atoms with E-state index < -0.39 is 0 Å².